The molecule has 0 atom stereocenters. The van der Waals surface area contributed by atoms with Gasteiger partial charge in [0.15, 0.2) is 16.7 Å². The highest BCUT2D eigenvalue weighted by atomic mass is 32.2. The Kier molecular flexibility index (Phi) is 6.49. The molecule has 8 nitrogen and oxygen atoms in total. The number of hydrogen-bond donors (Lipinski definition) is 2. The van der Waals surface area contributed by atoms with Crippen molar-refractivity contribution in [1.29, 1.82) is 0 Å². The van der Waals surface area contributed by atoms with E-state index in [4.69, 9.17) is 4.42 Å². The van der Waals surface area contributed by atoms with Crippen molar-refractivity contribution in [3.05, 3.63) is 42.7 Å². The Labute approximate surface area is 166 Å². The Balaban J connectivity index is 1.60. The normalized spacial score (nSPS) is 10.6. The molecule has 3 aromatic rings. The van der Waals surface area contributed by atoms with E-state index in [0.29, 0.717) is 28.1 Å². The molecule has 0 aliphatic rings. The van der Waals surface area contributed by atoms with Crippen LogP contribution in [0.2, 0.25) is 0 Å². The second kappa shape index (κ2) is 9.23. The van der Waals surface area contributed by atoms with E-state index >= 15 is 0 Å². The number of carbonyl (C=O) groups excluding carboxylic acids is 2. The van der Waals surface area contributed by atoms with E-state index in [1.165, 1.54) is 18.7 Å². The first kappa shape index (κ1) is 19.7. The van der Waals surface area contributed by atoms with E-state index in [1.54, 1.807) is 36.6 Å². The van der Waals surface area contributed by atoms with Gasteiger partial charge in [0.05, 0.1) is 12.0 Å². The van der Waals surface area contributed by atoms with Gasteiger partial charge in [-0.1, -0.05) is 18.7 Å². The molecule has 0 aliphatic heterocycles. The highest BCUT2D eigenvalue weighted by Gasteiger charge is 2.16. The number of amides is 2. The standard InChI is InChI=1S/C19H21N5O3S/c1-3-10-24-18(16-5-4-11-27-16)22-23-19(24)28-12-17(26)21-15-8-6-14(7-9-15)20-13(2)25/h4-9,11H,3,10,12H2,1-2H3,(H,20,25)(H,21,26). The molecule has 9 heteroatoms. The number of nitrogens with one attached hydrogen (secondary N) is 2. The van der Waals surface area contributed by atoms with Crippen LogP contribution in [-0.2, 0) is 16.1 Å². The summed E-state index contributed by atoms with van der Waals surface area (Å²) in [6.07, 6.45) is 2.50. The number of rotatable bonds is 8. The maximum atomic E-state index is 12.3. The lowest BCUT2D eigenvalue weighted by atomic mass is 10.3. The zero-order valence-electron chi connectivity index (χ0n) is 15.6. The Hall–Kier alpha value is -3.07. The fourth-order valence-corrected chi connectivity index (χ4v) is 3.34. The summed E-state index contributed by atoms with van der Waals surface area (Å²) >= 11 is 1.32. The molecule has 0 unspecified atom stereocenters. The Morgan fingerprint density at radius 1 is 1.11 bits per heavy atom. The second-order valence-electron chi connectivity index (χ2n) is 6.03. The van der Waals surface area contributed by atoms with Crippen LogP contribution < -0.4 is 10.6 Å². The summed E-state index contributed by atoms with van der Waals surface area (Å²) in [5.74, 6) is 1.22. The summed E-state index contributed by atoms with van der Waals surface area (Å²) in [5.41, 5.74) is 1.34. The molecule has 2 heterocycles. The van der Waals surface area contributed by atoms with Crippen LogP contribution in [0.1, 0.15) is 20.3 Å². The van der Waals surface area contributed by atoms with Crippen LogP contribution in [0.5, 0.6) is 0 Å². The number of furan rings is 1. The molecule has 28 heavy (non-hydrogen) atoms. The number of thioether (sulfide) groups is 1. The predicted octanol–water partition coefficient (Wildman–Crippen LogP) is 3.64. The van der Waals surface area contributed by atoms with Crippen molar-refractivity contribution in [3.8, 4) is 11.6 Å². The minimum atomic E-state index is -0.150. The Morgan fingerprint density at radius 2 is 1.82 bits per heavy atom. The average molecular weight is 399 g/mol. The minimum absolute atomic E-state index is 0.140. The van der Waals surface area contributed by atoms with Gasteiger partial charge >= 0.3 is 0 Å². The van der Waals surface area contributed by atoms with Gasteiger partial charge in [0.25, 0.3) is 0 Å². The molecule has 0 bridgehead atoms. The molecule has 2 N–H and O–H groups in total. The highest BCUT2D eigenvalue weighted by Crippen LogP contribution is 2.25. The van der Waals surface area contributed by atoms with E-state index in [9.17, 15) is 9.59 Å². The van der Waals surface area contributed by atoms with Gasteiger partial charge in [0.1, 0.15) is 0 Å². The molecule has 3 rings (SSSR count). The van der Waals surface area contributed by atoms with Gasteiger partial charge in [0, 0.05) is 24.8 Å². The summed E-state index contributed by atoms with van der Waals surface area (Å²) in [6, 6.07) is 10.6. The molecule has 0 radical (unpaired) electrons. The van der Waals surface area contributed by atoms with Crippen molar-refractivity contribution in [1.82, 2.24) is 14.8 Å². The lowest BCUT2D eigenvalue weighted by Crippen LogP contribution is -2.15. The van der Waals surface area contributed by atoms with Crippen molar-refractivity contribution in [2.24, 2.45) is 0 Å². The third-order valence-corrected chi connectivity index (χ3v) is 4.69. The summed E-state index contributed by atoms with van der Waals surface area (Å²) < 4.78 is 7.38. The van der Waals surface area contributed by atoms with Crippen LogP contribution in [0.15, 0.2) is 52.2 Å². The Bertz CT molecular complexity index is 935. The minimum Gasteiger partial charge on any atom is -0.461 e. The summed E-state index contributed by atoms with van der Waals surface area (Å²) in [4.78, 5) is 23.3. The average Bonchev–Trinajstić information content (AvgIpc) is 3.31. The van der Waals surface area contributed by atoms with Gasteiger partial charge in [-0.2, -0.15) is 0 Å². The molecule has 0 saturated heterocycles. The number of nitrogens with zero attached hydrogens (tertiary/aromatic N) is 3. The fraction of sp³-hybridized carbons (Fsp3) is 0.263. The predicted molar refractivity (Wildman–Crippen MR) is 108 cm³/mol. The van der Waals surface area contributed by atoms with Crippen LogP contribution >= 0.6 is 11.8 Å². The molecule has 0 saturated carbocycles. The van der Waals surface area contributed by atoms with E-state index in [-0.39, 0.29) is 17.6 Å². The monoisotopic (exact) mass is 399 g/mol. The number of anilines is 2. The third kappa shape index (κ3) is 5.01. The summed E-state index contributed by atoms with van der Waals surface area (Å²) in [6.45, 7) is 4.25. The van der Waals surface area contributed by atoms with Crippen LogP contribution in [0.25, 0.3) is 11.6 Å². The van der Waals surface area contributed by atoms with Gasteiger partial charge in [-0.25, -0.2) is 0 Å². The van der Waals surface area contributed by atoms with E-state index in [1.807, 2.05) is 10.6 Å². The lowest BCUT2D eigenvalue weighted by Gasteiger charge is -2.08. The first-order chi connectivity index (χ1) is 13.6. The topological polar surface area (TPSA) is 102 Å². The van der Waals surface area contributed by atoms with Gasteiger partial charge in [-0.3, -0.25) is 14.2 Å². The summed E-state index contributed by atoms with van der Waals surface area (Å²) in [7, 11) is 0. The quantitative estimate of drug-likeness (QED) is 0.561. The first-order valence-corrected chi connectivity index (χ1v) is 9.82. The van der Waals surface area contributed by atoms with Gasteiger partial charge in [0.2, 0.25) is 11.8 Å². The largest absolute Gasteiger partial charge is 0.461 e. The van der Waals surface area contributed by atoms with Gasteiger partial charge < -0.3 is 15.1 Å². The molecule has 0 spiro atoms. The van der Waals surface area contributed by atoms with Crippen LogP contribution in [-0.4, -0.2) is 32.3 Å². The number of hydrogen-bond acceptors (Lipinski definition) is 6. The molecule has 146 valence electrons. The van der Waals surface area contributed by atoms with Gasteiger partial charge in [-0.15, -0.1) is 10.2 Å². The van der Waals surface area contributed by atoms with E-state index in [2.05, 4.69) is 27.8 Å². The van der Waals surface area contributed by atoms with Crippen LogP contribution in [0.4, 0.5) is 11.4 Å². The maximum absolute atomic E-state index is 12.3. The van der Waals surface area contributed by atoms with Crippen LogP contribution in [0.3, 0.4) is 0 Å². The number of aromatic nitrogens is 3. The molecule has 0 aliphatic carbocycles. The smallest absolute Gasteiger partial charge is 0.234 e. The van der Waals surface area contributed by atoms with Gasteiger partial charge in [-0.05, 0) is 42.8 Å². The molecule has 2 aromatic heterocycles. The molecular weight excluding hydrogens is 378 g/mol. The van der Waals surface area contributed by atoms with Crippen molar-refractivity contribution in [2.75, 3.05) is 16.4 Å². The Morgan fingerprint density at radius 3 is 2.43 bits per heavy atom. The number of carbonyl (C=O) groups is 2. The first-order valence-electron chi connectivity index (χ1n) is 8.84. The van der Waals surface area contributed by atoms with E-state index < -0.39 is 0 Å². The third-order valence-electron chi connectivity index (χ3n) is 3.73. The van der Waals surface area contributed by atoms with Crippen molar-refractivity contribution < 1.29 is 14.0 Å². The molecular formula is C19H21N5O3S. The fourth-order valence-electron chi connectivity index (χ4n) is 2.58. The maximum Gasteiger partial charge on any atom is 0.234 e. The van der Waals surface area contributed by atoms with Crippen molar-refractivity contribution in [2.45, 2.75) is 32.0 Å². The van der Waals surface area contributed by atoms with Crippen molar-refractivity contribution in [3.63, 3.8) is 0 Å². The summed E-state index contributed by atoms with van der Waals surface area (Å²) in [5, 5.41) is 14.6. The zero-order valence-corrected chi connectivity index (χ0v) is 16.5. The molecule has 0 fully saturated rings. The SMILES string of the molecule is CCCn1c(SCC(=O)Nc2ccc(NC(C)=O)cc2)nnc1-c1ccco1. The zero-order chi connectivity index (χ0) is 19.9. The van der Waals surface area contributed by atoms with Crippen LogP contribution in [0, 0.1) is 0 Å². The highest BCUT2D eigenvalue weighted by molar-refractivity contribution is 7.99. The molecule has 2 amide bonds. The molecule has 1 aromatic carbocycles. The van der Waals surface area contributed by atoms with E-state index in [0.717, 1.165) is 13.0 Å². The lowest BCUT2D eigenvalue weighted by molar-refractivity contribution is -0.114. The number of benzene rings is 1. The second-order valence-corrected chi connectivity index (χ2v) is 6.97. The van der Waals surface area contributed by atoms with Crippen molar-refractivity contribution >= 4 is 35.0 Å².